The van der Waals surface area contributed by atoms with Crippen LogP contribution in [0.2, 0.25) is 0 Å². The third-order valence-electron chi connectivity index (χ3n) is 8.41. The molecular weight excluding hydrogens is 438 g/mol. The Balaban J connectivity index is 3.71. The first-order valence-electron chi connectivity index (χ1n) is 16.5. The summed E-state index contributed by atoms with van der Waals surface area (Å²) in [6, 6.07) is 0. The Bertz CT molecular complexity index is 406. The lowest BCUT2D eigenvalue weighted by molar-refractivity contribution is -0.892. The number of quaternary nitrogens is 2. The minimum absolute atomic E-state index is 1.18. The summed E-state index contributed by atoms with van der Waals surface area (Å²) < 4.78 is 2.36. The average molecular weight is 512 g/mol. The van der Waals surface area contributed by atoms with Gasteiger partial charge in [-0.1, -0.05) is 117 Å². The monoisotopic (exact) mass is 512 g/mol. The van der Waals surface area contributed by atoms with E-state index in [0.29, 0.717) is 0 Å². The van der Waals surface area contributed by atoms with Crippen molar-refractivity contribution in [1.82, 2.24) is 4.90 Å². The van der Waals surface area contributed by atoms with Gasteiger partial charge < -0.3 is 8.97 Å². The molecule has 0 spiro atoms. The smallest absolute Gasteiger partial charge is 0.0911 e. The van der Waals surface area contributed by atoms with E-state index in [0.717, 1.165) is 0 Å². The Morgan fingerprint density at radius 1 is 0.361 bits per heavy atom. The number of unbranched alkanes of at least 4 members (excludes halogenated alkanes) is 18. The fourth-order valence-electron chi connectivity index (χ4n) is 5.27. The Morgan fingerprint density at radius 3 is 0.889 bits per heavy atom. The first-order chi connectivity index (χ1) is 17.2. The maximum Gasteiger partial charge on any atom is 0.0911 e. The van der Waals surface area contributed by atoms with Crippen LogP contribution < -0.4 is 0 Å². The summed E-state index contributed by atoms with van der Waals surface area (Å²) in [6.07, 6.45) is 28.7. The molecule has 0 aromatic carbocycles. The zero-order valence-corrected chi connectivity index (χ0v) is 26.7. The van der Waals surface area contributed by atoms with Gasteiger partial charge in [0.1, 0.15) is 0 Å². The number of nitrogens with zero attached hydrogens (tertiary/aromatic N) is 3. The molecule has 0 aliphatic carbocycles. The molecule has 0 fully saturated rings. The SMILES string of the molecule is CCCCCCCCCCCC[N+](C)(C)CCN(C)CC[N+](C)(C)CCCCCCCCCCCC. The topological polar surface area (TPSA) is 3.24 Å². The third-order valence-corrected chi connectivity index (χ3v) is 8.41. The van der Waals surface area contributed by atoms with Crippen molar-refractivity contribution in [2.24, 2.45) is 0 Å². The van der Waals surface area contributed by atoms with E-state index in [1.165, 1.54) is 177 Å². The molecule has 36 heavy (non-hydrogen) atoms. The standard InChI is InChI=1S/C33H73N3/c1-8-10-12-14-16-18-20-22-24-26-30-35(4,5)32-28-34(3)29-33-36(6,7)31-27-25-23-21-19-17-15-13-11-9-2/h8-33H2,1-7H3/q+2. The summed E-state index contributed by atoms with van der Waals surface area (Å²) in [4.78, 5) is 2.58. The molecule has 0 aromatic heterocycles. The molecule has 0 aromatic rings. The minimum Gasteiger partial charge on any atom is -0.327 e. The highest BCUT2D eigenvalue weighted by molar-refractivity contribution is 4.53. The van der Waals surface area contributed by atoms with Gasteiger partial charge >= 0.3 is 0 Å². The second kappa shape index (κ2) is 24.0. The van der Waals surface area contributed by atoms with Gasteiger partial charge in [-0.05, 0) is 32.7 Å². The van der Waals surface area contributed by atoms with Crippen LogP contribution in [-0.2, 0) is 0 Å². The summed E-state index contributed by atoms with van der Waals surface area (Å²) in [6.45, 7) is 12.3. The Hall–Kier alpha value is -0.120. The van der Waals surface area contributed by atoms with Gasteiger partial charge in [-0.25, -0.2) is 0 Å². The molecule has 3 nitrogen and oxygen atoms in total. The van der Waals surface area contributed by atoms with E-state index in [1.54, 1.807) is 0 Å². The van der Waals surface area contributed by atoms with E-state index < -0.39 is 0 Å². The van der Waals surface area contributed by atoms with Crippen molar-refractivity contribution in [2.45, 2.75) is 142 Å². The largest absolute Gasteiger partial charge is 0.327 e. The molecule has 0 aliphatic rings. The van der Waals surface area contributed by atoms with Crippen molar-refractivity contribution in [1.29, 1.82) is 0 Å². The van der Waals surface area contributed by atoms with Crippen LogP contribution >= 0.6 is 0 Å². The second-order valence-electron chi connectivity index (χ2n) is 13.4. The normalized spacial score (nSPS) is 12.7. The molecular formula is C33H73N3+2. The van der Waals surface area contributed by atoms with Crippen molar-refractivity contribution in [3.63, 3.8) is 0 Å². The molecule has 0 rings (SSSR count). The molecule has 0 saturated carbocycles. The van der Waals surface area contributed by atoms with E-state index >= 15 is 0 Å². The Kier molecular flexibility index (Phi) is 23.9. The van der Waals surface area contributed by atoms with Gasteiger partial charge in [-0.2, -0.15) is 0 Å². The fraction of sp³-hybridized carbons (Fsp3) is 1.00. The molecule has 0 radical (unpaired) electrons. The van der Waals surface area contributed by atoms with Crippen LogP contribution in [0.4, 0.5) is 0 Å². The molecule has 0 N–H and O–H groups in total. The van der Waals surface area contributed by atoms with Crippen molar-refractivity contribution in [2.75, 3.05) is 74.5 Å². The second-order valence-corrected chi connectivity index (χ2v) is 13.4. The zero-order valence-electron chi connectivity index (χ0n) is 26.7. The fourth-order valence-corrected chi connectivity index (χ4v) is 5.27. The van der Waals surface area contributed by atoms with Gasteiger partial charge in [-0.3, -0.25) is 4.90 Å². The number of hydrogen-bond donors (Lipinski definition) is 0. The summed E-state index contributed by atoms with van der Waals surface area (Å²) in [5, 5.41) is 0. The average Bonchev–Trinajstić information content (AvgIpc) is 2.84. The highest BCUT2D eigenvalue weighted by Gasteiger charge is 2.18. The van der Waals surface area contributed by atoms with E-state index in [2.05, 4.69) is 54.0 Å². The molecule has 0 heterocycles. The van der Waals surface area contributed by atoms with E-state index in [9.17, 15) is 0 Å². The highest BCUT2D eigenvalue weighted by Crippen LogP contribution is 2.13. The Labute approximate surface area is 230 Å². The van der Waals surface area contributed by atoms with Crippen LogP contribution in [0.25, 0.3) is 0 Å². The third kappa shape index (κ3) is 25.5. The minimum atomic E-state index is 1.18. The molecule has 0 aliphatic heterocycles. The summed E-state index contributed by atoms with van der Waals surface area (Å²) in [5.74, 6) is 0. The molecule has 218 valence electrons. The van der Waals surface area contributed by atoms with E-state index in [-0.39, 0.29) is 0 Å². The lowest BCUT2D eigenvalue weighted by Crippen LogP contribution is -2.48. The predicted molar refractivity (Wildman–Crippen MR) is 165 cm³/mol. The highest BCUT2D eigenvalue weighted by atomic mass is 15.3. The number of rotatable bonds is 28. The summed E-state index contributed by atoms with van der Waals surface area (Å²) in [5.41, 5.74) is 0. The zero-order chi connectivity index (χ0) is 27.0. The van der Waals surface area contributed by atoms with Crippen LogP contribution in [-0.4, -0.2) is 88.4 Å². The van der Waals surface area contributed by atoms with Gasteiger partial charge in [-0.15, -0.1) is 0 Å². The van der Waals surface area contributed by atoms with Gasteiger partial charge in [0.25, 0.3) is 0 Å². The maximum atomic E-state index is 2.58. The van der Waals surface area contributed by atoms with Gasteiger partial charge in [0.2, 0.25) is 0 Å². The quantitative estimate of drug-likeness (QED) is 0.0748. The van der Waals surface area contributed by atoms with Crippen LogP contribution in [0.5, 0.6) is 0 Å². The van der Waals surface area contributed by atoms with E-state index in [1.807, 2.05) is 0 Å². The molecule has 0 atom stereocenters. The van der Waals surface area contributed by atoms with Crippen molar-refractivity contribution < 1.29 is 8.97 Å². The van der Waals surface area contributed by atoms with Gasteiger partial charge in [0, 0.05) is 13.1 Å². The van der Waals surface area contributed by atoms with Gasteiger partial charge in [0.15, 0.2) is 0 Å². The van der Waals surface area contributed by atoms with Crippen molar-refractivity contribution in [3.05, 3.63) is 0 Å². The van der Waals surface area contributed by atoms with E-state index in [4.69, 9.17) is 0 Å². The summed E-state index contributed by atoms with van der Waals surface area (Å²) in [7, 11) is 12.1. The maximum absolute atomic E-state index is 2.58. The molecule has 0 amide bonds. The Morgan fingerprint density at radius 2 is 0.611 bits per heavy atom. The first kappa shape index (κ1) is 35.9. The predicted octanol–water partition coefficient (Wildman–Crippen LogP) is 8.91. The molecule has 0 bridgehead atoms. The number of hydrogen-bond acceptors (Lipinski definition) is 1. The van der Waals surface area contributed by atoms with Gasteiger partial charge in [0.05, 0.1) is 54.4 Å². The van der Waals surface area contributed by atoms with Crippen LogP contribution in [0, 0.1) is 0 Å². The molecule has 0 saturated heterocycles. The van der Waals surface area contributed by atoms with Crippen LogP contribution in [0.1, 0.15) is 142 Å². The van der Waals surface area contributed by atoms with Crippen molar-refractivity contribution >= 4 is 0 Å². The lowest BCUT2D eigenvalue weighted by atomic mass is 10.1. The number of likely N-dealkylation sites (N-methyl/N-ethyl adjacent to an activating group) is 3. The molecule has 0 unspecified atom stereocenters. The van der Waals surface area contributed by atoms with Crippen LogP contribution in [0.15, 0.2) is 0 Å². The van der Waals surface area contributed by atoms with Crippen molar-refractivity contribution in [3.8, 4) is 0 Å². The lowest BCUT2D eigenvalue weighted by Gasteiger charge is -2.34. The first-order valence-corrected chi connectivity index (χ1v) is 16.5. The molecule has 3 heteroatoms. The summed E-state index contributed by atoms with van der Waals surface area (Å²) >= 11 is 0. The van der Waals surface area contributed by atoms with Crippen LogP contribution in [0.3, 0.4) is 0 Å².